The van der Waals surface area contributed by atoms with Gasteiger partial charge in [0.25, 0.3) is 0 Å². The zero-order valence-corrected chi connectivity index (χ0v) is 14.1. The zero-order chi connectivity index (χ0) is 14.0. The summed E-state index contributed by atoms with van der Waals surface area (Å²) in [7, 11) is 0. The van der Waals surface area contributed by atoms with E-state index in [1.165, 1.54) is 0 Å². The minimum absolute atomic E-state index is 0.532. The van der Waals surface area contributed by atoms with Crippen molar-refractivity contribution in [3.63, 3.8) is 0 Å². The van der Waals surface area contributed by atoms with Crippen molar-refractivity contribution in [2.45, 2.75) is 32.9 Å². The Hall–Kier alpha value is -0.650. The molecule has 0 amide bonds. The van der Waals surface area contributed by atoms with Gasteiger partial charge in [-0.05, 0) is 43.7 Å². The molecule has 102 valence electrons. The first-order valence-electron chi connectivity index (χ1n) is 6.17. The molecule has 0 radical (unpaired) electrons. The van der Waals surface area contributed by atoms with Gasteiger partial charge in [-0.25, -0.2) is 0 Å². The van der Waals surface area contributed by atoms with Crippen molar-refractivity contribution in [3.05, 3.63) is 50.2 Å². The van der Waals surface area contributed by atoms with Crippen molar-refractivity contribution >= 4 is 31.9 Å². The summed E-state index contributed by atoms with van der Waals surface area (Å²) in [5, 5.41) is 14.8. The van der Waals surface area contributed by atoms with Crippen molar-refractivity contribution in [2.24, 2.45) is 0 Å². The number of halogens is 2. The molecular weight excluding hydrogens is 372 g/mol. The van der Waals surface area contributed by atoms with Crippen LogP contribution in [0, 0.1) is 6.92 Å². The SMILES string of the molecule is CCn1nc(C)cc1CC(O)c1cc(Br)cc(Br)c1. The molecule has 0 fully saturated rings. The topological polar surface area (TPSA) is 38.0 Å². The molecule has 5 heteroatoms. The number of rotatable bonds is 4. The third-order valence-corrected chi connectivity index (χ3v) is 3.87. The second-order valence-corrected chi connectivity index (χ2v) is 6.35. The molecule has 1 atom stereocenters. The molecule has 3 nitrogen and oxygen atoms in total. The van der Waals surface area contributed by atoms with Crippen LogP contribution in [0.3, 0.4) is 0 Å². The van der Waals surface area contributed by atoms with E-state index in [2.05, 4.69) is 43.9 Å². The molecule has 1 unspecified atom stereocenters. The van der Waals surface area contributed by atoms with Gasteiger partial charge >= 0.3 is 0 Å². The Morgan fingerprint density at radius 3 is 2.42 bits per heavy atom. The average Bonchev–Trinajstić information content (AvgIpc) is 2.68. The number of aliphatic hydroxyl groups excluding tert-OH is 1. The van der Waals surface area contributed by atoms with Gasteiger partial charge in [-0.1, -0.05) is 31.9 Å². The third-order valence-electron chi connectivity index (χ3n) is 2.96. The first-order chi connectivity index (χ1) is 8.99. The highest BCUT2D eigenvalue weighted by atomic mass is 79.9. The van der Waals surface area contributed by atoms with Gasteiger partial charge in [0, 0.05) is 27.6 Å². The predicted octanol–water partition coefficient (Wildman–Crippen LogP) is 4.01. The number of hydrogen-bond donors (Lipinski definition) is 1. The van der Waals surface area contributed by atoms with Crippen molar-refractivity contribution < 1.29 is 5.11 Å². The van der Waals surface area contributed by atoms with Crippen LogP contribution in [0.4, 0.5) is 0 Å². The highest BCUT2D eigenvalue weighted by Crippen LogP contribution is 2.26. The number of aryl methyl sites for hydroxylation is 2. The van der Waals surface area contributed by atoms with Crippen molar-refractivity contribution in [1.29, 1.82) is 0 Å². The lowest BCUT2D eigenvalue weighted by Crippen LogP contribution is -2.08. The number of aliphatic hydroxyl groups is 1. The number of hydrogen-bond acceptors (Lipinski definition) is 2. The van der Waals surface area contributed by atoms with Crippen LogP contribution in [-0.2, 0) is 13.0 Å². The van der Waals surface area contributed by atoms with E-state index in [0.717, 1.165) is 32.4 Å². The minimum atomic E-state index is -0.532. The standard InChI is InChI=1S/C14H16Br2N2O/c1-3-18-13(4-9(2)17-18)8-14(19)10-5-11(15)7-12(16)6-10/h4-7,14,19H,3,8H2,1-2H3. The molecule has 19 heavy (non-hydrogen) atoms. The van der Waals surface area contributed by atoms with Crippen LogP contribution in [-0.4, -0.2) is 14.9 Å². The lowest BCUT2D eigenvalue weighted by molar-refractivity contribution is 0.175. The molecule has 1 aromatic heterocycles. The smallest absolute Gasteiger partial charge is 0.0846 e. The van der Waals surface area contributed by atoms with E-state index in [9.17, 15) is 5.11 Å². The molecule has 0 spiro atoms. The minimum Gasteiger partial charge on any atom is -0.388 e. The second-order valence-electron chi connectivity index (χ2n) is 4.52. The summed E-state index contributed by atoms with van der Waals surface area (Å²) >= 11 is 6.88. The molecule has 2 aromatic rings. The first-order valence-corrected chi connectivity index (χ1v) is 7.75. The normalized spacial score (nSPS) is 12.7. The van der Waals surface area contributed by atoms with Gasteiger partial charge in [0.05, 0.1) is 11.8 Å². The second kappa shape index (κ2) is 6.20. The summed E-state index contributed by atoms with van der Waals surface area (Å²) in [6.45, 7) is 4.84. The molecule has 0 saturated heterocycles. The fourth-order valence-electron chi connectivity index (χ4n) is 2.12. The molecule has 0 aliphatic heterocycles. The zero-order valence-electron chi connectivity index (χ0n) is 10.9. The van der Waals surface area contributed by atoms with Crippen molar-refractivity contribution in [1.82, 2.24) is 9.78 Å². The van der Waals surface area contributed by atoms with E-state index in [1.54, 1.807) is 0 Å². The van der Waals surface area contributed by atoms with E-state index in [4.69, 9.17) is 0 Å². The Kier molecular flexibility index (Phi) is 4.81. The van der Waals surface area contributed by atoms with Gasteiger partial charge < -0.3 is 5.11 Å². The van der Waals surface area contributed by atoms with E-state index in [1.807, 2.05) is 35.9 Å². The fourth-order valence-corrected chi connectivity index (χ4v) is 3.45. The first kappa shape index (κ1) is 14.8. The maximum absolute atomic E-state index is 10.4. The van der Waals surface area contributed by atoms with Crippen LogP contribution in [0.25, 0.3) is 0 Å². The number of benzene rings is 1. The Morgan fingerprint density at radius 1 is 1.21 bits per heavy atom. The van der Waals surface area contributed by atoms with Crippen molar-refractivity contribution in [3.8, 4) is 0 Å². The Bertz CT molecular complexity index is 561. The van der Waals surface area contributed by atoms with Gasteiger partial charge in [-0.3, -0.25) is 4.68 Å². The molecule has 0 saturated carbocycles. The number of aromatic nitrogens is 2. The highest BCUT2D eigenvalue weighted by molar-refractivity contribution is 9.11. The van der Waals surface area contributed by atoms with Crippen LogP contribution in [0.15, 0.2) is 33.2 Å². The maximum atomic E-state index is 10.4. The van der Waals surface area contributed by atoms with Gasteiger partial charge in [0.2, 0.25) is 0 Å². The van der Waals surface area contributed by atoms with Gasteiger partial charge in [0.1, 0.15) is 0 Å². The fraction of sp³-hybridized carbons (Fsp3) is 0.357. The monoisotopic (exact) mass is 386 g/mol. The largest absolute Gasteiger partial charge is 0.388 e. The Morgan fingerprint density at radius 2 is 1.84 bits per heavy atom. The maximum Gasteiger partial charge on any atom is 0.0846 e. The van der Waals surface area contributed by atoms with Crippen LogP contribution in [0.2, 0.25) is 0 Å². The van der Waals surface area contributed by atoms with Crippen LogP contribution < -0.4 is 0 Å². The van der Waals surface area contributed by atoms with Gasteiger partial charge in [-0.15, -0.1) is 0 Å². The molecule has 2 rings (SSSR count). The van der Waals surface area contributed by atoms with Gasteiger partial charge in [-0.2, -0.15) is 5.10 Å². The summed E-state index contributed by atoms with van der Waals surface area (Å²) < 4.78 is 3.85. The van der Waals surface area contributed by atoms with Crippen LogP contribution in [0.1, 0.15) is 30.0 Å². The van der Waals surface area contributed by atoms with Gasteiger partial charge in [0.15, 0.2) is 0 Å². The number of nitrogens with zero attached hydrogens (tertiary/aromatic N) is 2. The van der Waals surface area contributed by atoms with E-state index in [0.29, 0.717) is 6.42 Å². The summed E-state index contributed by atoms with van der Waals surface area (Å²) in [6.07, 6.45) is 0.0348. The Balaban J connectivity index is 2.22. The summed E-state index contributed by atoms with van der Waals surface area (Å²) in [5.41, 5.74) is 2.94. The molecular formula is C14H16Br2N2O. The summed E-state index contributed by atoms with van der Waals surface area (Å²) in [4.78, 5) is 0. The summed E-state index contributed by atoms with van der Waals surface area (Å²) in [5.74, 6) is 0. The van der Waals surface area contributed by atoms with Crippen LogP contribution in [0.5, 0.6) is 0 Å². The lowest BCUT2D eigenvalue weighted by Gasteiger charge is -2.13. The average molecular weight is 388 g/mol. The lowest BCUT2D eigenvalue weighted by atomic mass is 10.0. The molecule has 0 aliphatic carbocycles. The molecule has 1 aromatic carbocycles. The van der Waals surface area contributed by atoms with Crippen LogP contribution >= 0.6 is 31.9 Å². The summed E-state index contributed by atoms with van der Waals surface area (Å²) in [6, 6.07) is 7.86. The molecule has 0 aliphatic rings. The third kappa shape index (κ3) is 3.68. The van der Waals surface area contributed by atoms with E-state index in [-0.39, 0.29) is 0 Å². The highest BCUT2D eigenvalue weighted by Gasteiger charge is 2.13. The van der Waals surface area contributed by atoms with E-state index >= 15 is 0 Å². The molecule has 0 bridgehead atoms. The van der Waals surface area contributed by atoms with Crippen molar-refractivity contribution in [2.75, 3.05) is 0 Å². The Labute approximate surface area is 129 Å². The predicted molar refractivity (Wildman–Crippen MR) is 83.1 cm³/mol. The molecule has 1 N–H and O–H groups in total. The quantitative estimate of drug-likeness (QED) is 0.860. The molecule has 1 heterocycles. The van der Waals surface area contributed by atoms with E-state index < -0.39 is 6.10 Å².